The summed E-state index contributed by atoms with van der Waals surface area (Å²) >= 11 is 0. The molecule has 1 aliphatic heterocycles. The summed E-state index contributed by atoms with van der Waals surface area (Å²) < 4.78 is 5.39. The zero-order valence-corrected chi connectivity index (χ0v) is 15.3. The molecule has 0 aliphatic carbocycles. The van der Waals surface area contributed by atoms with Gasteiger partial charge in [0.15, 0.2) is 0 Å². The summed E-state index contributed by atoms with van der Waals surface area (Å²) in [5.41, 5.74) is 6.16. The van der Waals surface area contributed by atoms with E-state index in [0.717, 1.165) is 55.2 Å². The number of morpholine rings is 1. The third-order valence-corrected chi connectivity index (χ3v) is 4.61. The number of hydrogen-bond donors (Lipinski definition) is 1. The lowest BCUT2D eigenvalue weighted by Gasteiger charge is -2.26. The predicted octanol–water partition coefficient (Wildman–Crippen LogP) is 3.70. The van der Waals surface area contributed by atoms with E-state index in [1.54, 1.807) is 0 Å². The second-order valence-electron chi connectivity index (χ2n) is 6.82. The van der Waals surface area contributed by atoms with Gasteiger partial charge in [0.1, 0.15) is 0 Å². The molecule has 2 aromatic rings. The number of nitrogens with one attached hydrogen (secondary N) is 1. The quantitative estimate of drug-likeness (QED) is 0.924. The fraction of sp³-hybridized carbons (Fsp3) is 0.381. The Hall–Kier alpha value is -2.17. The van der Waals surface area contributed by atoms with Gasteiger partial charge in [0, 0.05) is 30.9 Å². The van der Waals surface area contributed by atoms with Crippen molar-refractivity contribution >= 4 is 11.6 Å². The highest BCUT2D eigenvalue weighted by Crippen LogP contribution is 2.23. The molecule has 1 heterocycles. The van der Waals surface area contributed by atoms with Crippen LogP contribution in [0.15, 0.2) is 36.4 Å². The molecule has 1 saturated heterocycles. The van der Waals surface area contributed by atoms with Crippen LogP contribution in [-0.2, 0) is 11.3 Å². The Morgan fingerprint density at radius 2 is 1.76 bits per heavy atom. The van der Waals surface area contributed by atoms with Crippen LogP contribution in [0.4, 0.5) is 5.69 Å². The number of benzene rings is 2. The third-order valence-electron chi connectivity index (χ3n) is 4.61. The molecular formula is C21H26N2O2. The van der Waals surface area contributed by atoms with E-state index in [-0.39, 0.29) is 5.91 Å². The van der Waals surface area contributed by atoms with Gasteiger partial charge in [-0.1, -0.05) is 29.8 Å². The first-order valence-corrected chi connectivity index (χ1v) is 8.81. The summed E-state index contributed by atoms with van der Waals surface area (Å²) in [6.07, 6.45) is 0. The highest BCUT2D eigenvalue weighted by Gasteiger charge is 2.13. The molecule has 1 N–H and O–H groups in total. The van der Waals surface area contributed by atoms with Gasteiger partial charge in [-0.05, 0) is 49.6 Å². The molecule has 0 unspecified atom stereocenters. The Kier molecular flexibility index (Phi) is 5.51. The number of amides is 1. The van der Waals surface area contributed by atoms with Gasteiger partial charge in [0.2, 0.25) is 0 Å². The summed E-state index contributed by atoms with van der Waals surface area (Å²) in [6.45, 7) is 10.4. The molecule has 25 heavy (non-hydrogen) atoms. The molecule has 1 fully saturated rings. The number of carbonyl (C=O) groups is 1. The minimum atomic E-state index is -0.0566. The molecule has 132 valence electrons. The maximum Gasteiger partial charge on any atom is 0.255 e. The van der Waals surface area contributed by atoms with Crippen LogP contribution in [0.25, 0.3) is 0 Å². The number of aryl methyl sites for hydroxylation is 3. The van der Waals surface area contributed by atoms with Gasteiger partial charge >= 0.3 is 0 Å². The second kappa shape index (κ2) is 7.81. The summed E-state index contributed by atoms with van der Waals surface area (Å²) in [5, 5.41) is 3.08. The van der Waals surface area contributed by atoms with E-state index in [9.17, 15) is 4.79 Å². The molecule has 1 amide bonds. The minimum Gasteiger partial charge on any atom is -0.379 e. The first-order chi connectivity index (χ1) is 12.0. The van der Waals surface area contributed by atoms with E-state index in [1.807, 2.05) is 32.0 Å². The smallest absolute Gasteiger partial charge is 0.255 e. The van der Waals surface area contributed by atoms with Gasteiger partial charge in [-0.3, -0.25) is 9.69 Å². The normalized spacial score (nSPS) is 15.2. The first-order valence-electron chi connectivity index (χ1n) is 8.81. The van der Waals surface area contributed by atoms with Crippen molar-refractivity contribution in [2.75, 3.05) is 31.6 Å². The van der Waals surface area contributed by atoms with Crippen molar-refractivity contribution in [1.82, 2.24) is 4.90 Å². The van der Waals surface area contributed by atoms with Crippen molar-refractivity contribution in [3.8, 4) is 0 Å². The largest absolute Gasteiger partial charge is 0.379 e. The number of nitrogens with zero attached hydrogens (tertiary/aromatic N) is 1. The van der Waals surface area contributed by atoms with E-state index in [0.29, 0.717) is 5.56 Å². The Labute approximate surface area is 149 Å². The molecule has 3 rings (SSSR count). The molecule has 4 nitrogen and oxygen atoms in total. The Morgan fingerprint density at radius 1 is 1.08 bits per heavy atom. The molecule has 4 heteroatoms. The maximum atomic E-state index is 12.7. The monoisotopic (exact) mass is 338 g/mol. The van der Waals surface area contributed by atoms with E-state index in [1.165, 1.54) is 5.56 Å². The maximum absolute atomic E-state index is 12.7. The summed E-state index contributed by atoms with van der Waals surface area (Å²) in [7, 11) is 0. The van der Waals surface area contributed by atoms with Crippen LogP contribution in [0.5, 0.6) is 0 Å². The predicted molar refractivity (Wildman–Crippen MR) is 101 cm³/mol. The van der Waals surface area contributed by atoms with Gasteiger partial charge in [-0.25, -0.2) is 0 Å². The Balaban J connectivity index is 1.73. The fourth-order valence-electron chi connectivity index (χ4n) is 3.39. The average molecular weight is 338 g/mol. The van der Waals surface area contributed by atoms with Gasteiger partial charge in [-0.15, -0.1) is 0 Å². The zero-order chi connectivity index (χ0) is 17.8. The van der Waals surface area contributed by atoms with Crippen LogP contribution < -0.4 is 5.32 Å². The van der Waals surface area contributed by atoms with Crippen molar-refractivity contribution in [3.63, 3.8) is 0 Å². The third kappa shape index (κ3) is 4.47. The van der Waals surface area contributed by atoms with Gasteiger partial charge in [0.05, 0.1) is 13.2 Å². The number of hydrogen-bond acceptors (Lipinski definition) is 3. The van der Waals surface area contributed by atoms with Crippen LogP contribution in [0.3, 0.4) is 0 Å². The van der Waals surface area contributed by atoms with Crippen molar-refractivity contribution in [3.05, 3.63) is 64.2 Å². The van der Waals surface area contributed by atoms with E-state index in [2.05, 4.69) is 35.3 Å². The average Bonchev–Trinajstić information content (AvgIpc) is 2.59. The first kappa shape index (κ1) is 17.6. The fourth-order valence-corrected chi connectivity index (χ4v) is 3.39. The van der Waals surface area contributed by atoms with Crippen molar-refractivity contribution in [2.24, 2.45) is 0 Å². The van der Waals surface area contributed by atoms with Gasteiger partial charge in [0.25, 0.3) is 5.91 Å². The highest BCUT2D eigenvalue weighted by molar-refractivity contribution is 6.05. The molecule has 0 bridgehead atoms. The topological polar surface area (TPSA) is 41.6 Å². The lowest BCUT2D eigenvalue weighted by atomic mass is 10.0. The number of rotatable bonds is 4. The van der Waals surface area contributed by atoms with Crippen LogP contribution in [0.1, 0.15) is 32.6 Å². The number of ether oxygens (including phenoxy) is 1. The Morgan fingerprint density at radius 3 is 2.44 bits per heavy atom. The van der Waals surface area contributed by atoms with Crippen LogP contribution in [0, 0.1) is 20.8 Å². The SMILES string of the molecule is Cc1cc(C)c(NC(=O)c2cccc(CN3CCOCC3)c2)c(C)c1. The molecular weight excluding hydrogens is 312 g/mol. The minimum absolute atomic E-state index is 0.0566. The lowest BCUT2D eigenvalue weighted by Crippen LogP contribution is -2.35. The molecule has 0 spiro atoms. The van der Waals surface area contributed by atoms with E-state index >= 15 is 0 Å². The lowest BCUT2D eigenvalue weighted by molar-refractivity contribution is 0.0342. The van der Waals surface area contributed by atoms with E-state index in [4.69, 9.17) is 4.74 Å². The van der Waals surface area contributed by atoms with Crippen molar-refractivity contribution in [1.29, 1.82) is 0 Å². The standard InChI is InChI=1S/C21H26N2O2/c1-15-11-16(2)20(17(3)12-15)22-21(24)19-6-4-5-18(13-19)14-23-7-9-25-10-8-23/h4-6,11-13H,7-10,14H2,1-3H3,(H,22,24). The second-order valence-corrected chi connectivity index (χ2v) is 6.82. The number of carbonyl (C=O) groups excluding carboxylic acids is 1. The molecule has 0 radical (unpaired) electrons. The zero-order valence-electron chi connectivity index (χ0n) is 15.3. The van der Waals surface area contributed by atoms with Crippen molar-refractivity contribution in [2.45, 2.75) is 27.3 Å². The Bertz CT molecular complexity index is 741. The van der Waals surface area contributed by atoms with Crippen LogP contribution in [0.2, 0.25) is 0 Å². The highest BCUT2D eigenvalue weighted by atomic mass is 16.5. The molecule has 0 atom stereocenters. The summed E-state index contributed by atoms with van der Waals surface area (Å²) in [5.74, 6) is -0.0566. The van der Waals surface area contributed by atoms with Gasteiger partial charge in [-0.2, -0.15) is 0 Å². The van der Waals surface area contributed by atoms with Crippen LogP contribution >= 0.6 is 0 Å². The molecule has 2 aromatic carbocycles. The molecule has 1 aliphatic rings. The number of anilines is 1. The molecule has 0 saturated carbocycles. The van der Waals surface area contributed by atoms with Crippen LogP contribution in [-0.4, -0.2) is 37.1 Å². The van der Waals surface area contributed by atoms with Gasteiger partial charge < -0.3 is 10.1 Å². The summed E-state index contributed by atoms with van der Waals surface area (Å²) in [6, 6.07) is 12.1. The van der Waals surface area contributed by atoms with Crippen molar-refractivity contribution < 1.29 is 9.53 Å². The van der Waals surface area contributed by atoms with E-state index < -0.39 is 0 Å². The molecule has 0 aromatic heterocycles. The summed E-state index contributed by atoms with van der Waals surface area (Å²) in [4.78, 5) is 15.1.